The lowest BCUT2D eigenvalue weighted by molar-refractivity contribution is -0.208. The largest absolute Gasteiger partial charge is 0.392 e. The van der Waals surface area contributed by atoms with Gasteiger partial charge >= 0.3 is 6.18 Å². The molecule has 1 aromatic rings. The first-order valence-electron chi connectivity index (χ1n) is 7.67. The zero-order chi connectivity index (χ0) is 15.0. The molecular formula is C16H20F3NO. The number of aliphatic hydroxyl groups is 1. The third-order valence-electron chi connectivity index (χ3n) is 5.09. The number of aromatic nitrogens is 1. The summed E-state index contributed by atoms with van der Waals surface area (Å²) in [5.74, 6) is -2.29. The minimum Gasteiger partial charge on any atom is -0.392 e. The monoisotopic (exact) mass is 299 g/mol. The van der Waals surface area contributed by atoms with E-state index < -0.39 is 24.1 Å². The summed E-state index contributed by atoms with van der Waals surface area (Å²) in [6, 6.07) is 3.80. The summed E-state index contributed by atoms with van der Waals surface area (Å²) < 4.78 is 39.6. The van der Waals surface area contributed by atoms with Gasteiger partial charge in [-0.3, -0.25) is 4.98 Å². The fourth-order valence-electron chi connectivity index (χ4n) is 4.05. The molecule has 1 heterocycles. The van der Waals surface area contributed by atoms with Crippen molar-refractivity contribution < 1.29 is 18.3 Å². The van der Waals surface area contributed by atoms with Crippen LogP contribution in [0.25, 0.3) is 0 Å². The molecule has 1 saturated carbocycles. The molecule has 0 saturated heterocycles. The van der Waals surface area contributed by atoms with E-state index in [-0.39, 0.29) is 12.3 Å². The molecule has 0 radical (unpaired) electrons. The quantitative estimate of drug-likeness (QED) is 0.900. The summed E-state index contributed by atoms with van der Waals surface area (Å²) >= 11 is 0. The van der Waals surface area contributed by atoms with E-state index in [2.05, 4.69) is 4.98 Å². The van der Waals surface area contributed by atoms with E-state index >= 15 is 0 Å². The number of nitrogens with zero attached hydrogens (tertiary/aromatic N) is 1. The fourth-order valence-corrected chi connectivity index (χ4v) is 4.05. The summed E-state index contributed by atoms with van der Waals surface area (Å²) in [5, 5.41) is 10.6. The Hall–Kier alpha value is -1.10. The third-order valence-corrected chi connectivity index (χ3v) is 5.09. The van der Waals surface area contributed by atoms with Crippen LogP contribution in [0.15, 0.2) is 18.3 Å². The van der Waals surface area contributed by atoms with Gasteiger partial charge in [0.05, 0.1) is 12.0 Å². The molecule has 4 atom stereocenters. The van der Waals surface area contributed by atoms with E-state index in [0.29, 0.717) is 19.3 Å². The third kappa shape index (κ3) is 2.80. The zero-order valence-corrected chi connectivity index (χ0v) is 11.8. The van der Waals surface area contributed by atoms with Crippen molar-refractivity contribution in [2.75, 3.05) is 0 Å². The first kappa shape index (κ1) is 14.8. The van der Waals surface area contributed by atoms with Crippen molar-refractivity contribution >= 4 is 0 Å². The number of aryl methyl sites for hydroxylation is 1. The van der Waals surface area contributed by atoms with Crippen molar-refractivity contribution in [1.82, 2.24) is 4.98 Å². The molecule has 1 aromatic heterocycles. The average molecular weight is 299 g/mol. The Morgan fingerprint density at radius 3 is 2.71 bits per heavy atom. The van der Waals surface area contributed by atoms with Gasteiger partial charge in [0.25, 0.3) is 0 Å². The van der Waals surface area contributed by atoms with Crippen LogP contribution in [0, 0.1) is 11.8 Å². The van der Waals surface area contributed by atoms with Gasteiger partial charge in [0, 0.05) is 17.8 Å². The van der Waals surface area contributed by atoms with Crippen LogP contribution >= 0.6 is 0 Å². The van der Waals surface area contributed by atoms with Crippen molar-refractivity contribution in [3.05, 3.63) is 29.6 Å². The number of aliphatic hydroxyl groups excluding tert-OH is 1. The normalized spacial score (nSPS) is 31.0. The van der Waals surface area contributed by atoms with Gasteiger partial charge in [-0.15, -0.1) is 0 Å². The van der Waals surface area contributed by atoms with E-state index in [1.165, 1.54) is 0 Å². The Balaban J connectivity index is 1.82. The van der Waals surface area contributed by atoms with Crippen molar-refractivity contribution in [3.8, 4) is 0 Å². The maximum atomic E-state index is 13.2. The topological polar surface area (TPSA) is 33.1 Å². The molecule has 4 unspecified atom stereocenters. The van der Waals surface area contributed by atoms with E-state index in [1.54, 1.807) is 6.20 Å². The first-order chi connectivity index (χ1) is 9.98. The lowest BCUT2D eigenvalue weighted by Crippen LogP contribution is -2.41. The Bertz CT molecular complexity index is 503. The number of hydrogen-bond donors (Lipinski definition) is 1. The minimum atomic E-state index is -4.21. The smallest absolute Gasteiger partial charge is 0.392 e. The maximum absolute atomic E-state index is 13.2. The van der Waals surface area contributed by atoms with E-state index in [4.69, 9.17) is 0 Å². The molecule has 2 aliphatic rings. The molecule has 0 spiro atoms. The second-order valence-electron chi connectivity index (χ2n) is 6.28. The SMILES string of the molecule is OC(C1CCc2cccnc21)C1CCCCC1C(F)(F)F. The van der Waals surface area contributed by atoms with E-state index in [1.807, 2.05) is 12.1 Å². The van der Waals surface area contributed by atoms with Gasteiger partial charge in [0.2, 0.25) is 0 Å². The number of fused-ring (bicyclic) bond motifs is 1. The van der Waals surface area contributed by atoms with Crippen LogP contribution in [-0.2, 0) is 6.42 Å². The van der Waals surface area contributed by atoms with Gasteiger partial charge in [-0.2, -0.15) is 13.2 Å². The van der Waals surface area contributed by atoms with Crippen LogP contribution in [0.3, 0.4) is 0 Å². The van der Waals surface area contributed by atoms with Crippen molar-refractivity contribution in [2.45, 2.75) is 56.7 Å². The predicted molar refractivity (Wildman–Crippen MR) is 72.8 cm³/mol. The van der Waals surface area contributed by atoms with Gasteiger partial charge in [-0.05, 0) is 43.2 Å². The predicted octanol–water partition coefficient (Wildman–Crippen LogP) is 3.84. The fraction of sp³-hybridized carbons (Fsp3) is 0.688. The molecule has 116 valence electrons. The Morgan fingerprint density at radius 1 is 1.19 bits per heavy atom. The molecule has 1 N–H and O–H groups in total. The Morgan fingerprint density at radius 2 is 1.95 bits per heavy atom. The maximum Gasteiger partial charge on any atom is 0.392 e. The molecule has 21 heavy (non-hydrogen) atoms. The number of halogens is 3. The summed E-state index contributed by atoms with van der Waals surface area (Å²) in [7, 11) is 0. The average Bonchev–Trinajstić information content (AvgIpc) is 2.89. The molecule has 1 fully saturated rings. The first-order valence-corrected chi connectivity index (χ1v) is 7.67. The molecular weight excluding hydrogens is 279 g/mol. The Labute approximate surface area is 122 Å². The molecule has 5 heteroatoms. The van der Waals surface area contributed by atoms with Crippen LogP contribution < -0.4 is 0 Å². The summed E-state index contributed by atoms with van der Waals surface area (Å²) in [6.07, 6.45) is 0.0000679. The standard InChI is InChI=1S/C16H20F3NO/c17-16(18,19)13-6-2-1-5-11(13)15(21)12-8-7-10-4-3-9-20-14(10)12/h3-4,9,11-13,15,21H,1-2,5-8H2. The number of alkyl halides is 3. The van der Waals surface area contributed by atoms with Gasteiger partial charge in [0.15, 0.2) is 0 Å². The van der Waals surface area contributed by atoms with E-state index in [0.717, 1.165) is 24.1 Å². The van der Waals surface area contributed by atoms with Gasteiger partial charge in [-0.25, -0.2) is 0 Å². The van der Waals surface area contributed by atoms with Crippen LogP contribution in [0.5, 0.6) is 0 Å². The lowest BCUT2D eigenvalue weighted by Gasteiger charge is -2.38. The van der Waals surface area contributed by atoms with Crippen molar-refractivity contribution in [3.63, 3.8) is 0 Å². The summed E-state index contributed by atoms with van der Waals surface area (Å²) in [6.45, 7) is 0. The molecule has 3 rings (SSSR count). The molecule has 0 bridgehead atoms. The number of hydrogen-bond acceptors (Lipinski definition) is 2. The highest BCUT2D eigenvalue weighted by Gasteiger charge is 2.49. The highest BCUT2D eigenvalue weighted by atomic mass is 19.4. The second kappa shape index (κ2) is 5.59. The molecule has 2 aliphatic carbocycles. The lowest BCUT2D eigenvalue weighted by atomic mass is 9.72. The van der Waals surface area contributed by atoms with Crippen LogP contribution in [0.2, 0.25) is 0 Å². The molecule has 2 nitrogen and oxygen atoms in total. The van der Waals surface area contributed by atoms with Gasteiger partial charge in [0.1, 0.15) is 0 Å². The molecule has 0 amide bonds. The Kier molecular flexibility index (Phi) is 3.95. The van der Waals surface area contributed by atoms with Crippen LogP contribution in [-0.4, -0.2) is 22.4 Å². The number of pyridine rings is 1. The molecule has 0 aromatic carbocycles. The van der Waals surface area contributed by atoms with Crippen LogP contribution in [0.4, 0.5) is 13.2 Å². The van der Waals surface area contributed by atoms with Crippen LogP contribution in [0.1, 0.15) is 49.3 Å². The van der Waals surface area contributed by atoms with Crippen molar-refractivity contribution in [1.29, 1.82) is 0 Å². The molecule has 0 aliphatic heterocycles. The summed E-state index contributed by atoms with van der Waals surface area (Å²) in [5.41, 5.74) is 1.87. The number of rotatable bonds is 2. The van der Waals surface area contributed by atoms with Gasteiger partial charge in [-0.1, -0.05) is 18.9 Å². The highest BCUT2D eigenvalue weighted by molar-refractivity contribution is 5.29. The summed E-state index contributed by atoms with van der Waals surface area (Å²) in [4.78, 5) is 4.30. The zero-order valence-electron chi connectivity index (χ0n) is 11.8. The van der Waals surface area contributed by atoms with E-state index in [9.17, 15) is 18.3 Å². The minimum absolute atomic E-state index is 0.146. The van der Waals surface area contributed by atoms with Crippen molar-refractivity contribution in [2.24, 2.45) is 11.8 Å². The highest BCUT2D eigenvalue weighted by Crippen LogP contribution is 2.47. The second-order valence-corrected chi connectivity index (χ2v) is 6.28. The van der Waals surface area contributed by atoms with Gasteiger partial charge < -0.3 is 5.11 Å².